The van der Waals surface area contributed by atoms with Gasteiger partial charge in [0.05, 0.1) is 17.4 Å². The zero-order valence-corrected chi connectivity index (χ0v) is 16.6. The number of amides is 1. The lowest BCUT2D eigenvalue weighted by molar-refractivity contribution is -0.143. The molecule has 154 valence electrons. The molecule has 1 amide bonds. The summed E-state index contributed by atoms with van der Waals surface area (Å²) in [7, 11) is 0. The summed E-state index contributed by atoms with van der Waals surface area (Å²) in [6.07, 6.45) is -2.09. The van der Waals surface area contributed by atoms with Crippen molar-refractivity contribution in [1.82, 2.24) is 14.7 Å². The van der Waals surface area contributed by atoms with Crippen molar-refractivity contribution in [1.29, 1.82) is 0 Å². The molecule has 1 saturated heterocycles. The van der Waals surface area contributed by atoms with Gasteiger partial charge in [-0.15, -0.1) is 12.4 Å². The molecule has 9 heteroatoms. The number of benzene rings is 1. The van der Waals surface area contributed by atoms with Crippen LogP contribution in [0, 0.1) is 12.8 Å². The number of likely N-dealkylation sites (tertiary alicyclic amines) is 1. The molecule has 2 N–H and O–H groups in total. The number of halogens is 4. The first-order valence-corrected chi connectivity index (χ1v) is 8.95. The summed E-state index contributed by atoms with van der Waals surface area (Å²) < 4.78 is 42.2. The molecular formula is C19H24ClF3N4O. The van der Waals surface area contributed by atoms with Gasteiger partial charge in [0.2, 0.25) is 0 Å². The van der Waals surface area contributed by atoms with E-state index in [4.69, 9.17) is 5.73 Å². The minimum atomic E-state index is -4.71. The number of hydrogen-bond acceptors (Lipinski definition) is 3. The lowest BCUT2D eigenvalue weighted by Gasteiger charge is -2.34. The number of rotatable bonds is 3. The quantitative estimate of drug-likeness (QED) is 0.827. The van der Waals surface area contributed by atoms with Crippen LogP contribution in [0.15, 0.2) is 30.5 Å². The van der Waals surface area contributed by atoms with Crippen molar-refractivity contribution < 1.29 is 18.0 Å². The van der Waals surface area contributed by atoms with E-state index in [1.54, 1.807) is 24.3 Å². The Balaban J connectivity index is 0.00000280. The van der Waals surface area contributed by atoms with E-state index in [1.807, 2.05) is 13.8 Å². The summed E-state index contributed by atoms with van der Waals surface area (Å²) in [5.74, 6) is -0.560. The smallest absolute Gasteiger partial charge is 0.338 e. The van der Waals surface area contributed by atoms with Crippen LogP contribution < -0.4 is 5.73 Å². The van der Waals surface area contributed by atoms with Crippen LogP contribution in [-0.2, 0) is 6.18 Å². The maximum absolute atomic E-state index is 13.8. The lowest BCUT2D eigenvalue weighted by atomic mass is 9.92. The number of nitrogens with zero attached hydrogens (tertiary/aromatic N) is 3. The monoisotopic (exact) mass is 416 g/mol. The second-order valence-corrected chi connectivity index (χ2v) is 7.16. The molecule has 0 radical (unpaired) electrons. The van der Waals surface area contributed by atoms with Gasteiger partial charge in [0.25, 0.3) is 5.91 Å². The highest BCUT2D eigenvalue weighted by atomic mass is 35.5. The molecule has 1 aromatic carbocycles. The largest absolute Gasteiger partial charge is 0.434 e. The normalized spacial score (nSPS) is 18.5. The molecule has 1 aliphatic rings. The number of nitrogens with two attached hydrogens (primary N) is 1. The average Bonchev–Trinajstić information content (AvgIpc) is 3.07. The van der Waals surface area contributed by atoms with Gasteiger partial charge >= 0.3 is 6.18 Å². The summed E-state index contributed by atoms with van der Waals surface area (Å²) in [4.78, 5) is 14.3. The highest BCUT2D eigenvalue weighted by Gasteiger charge is 2.42. The minimum Gasteiger partial charge on any atom is -0.338 e. The molecule has 2 unspecified atom stereocenters. The maximum Gasteiger partial charge on any atom is 0.434 e. The predicted octanol–water partition coefficient (Wildman–Crippen LogP) is 3.82. The Morgan fingerprint density at radius 2 is 1.93 bits per heavy atom. The number of aryl methyl sites for hydroxylation is 1. The van der Waals surface area contributed by atoms with E-state index in [-0.39, 0.29) is 30.1 Å². The fourth-order valence-corrected chi connectivity index (χ4v) is 3.45. The number of carbonyl (C=O) groups excluding carboxylic acids is 1. The summed E-state index contributed by atoms with van der Waals surface area (Å²) in [6.45, 7) is 4.49. The van der Waals surface area contributed by atoms with Gasteiger partial charge in [-0.3, -0.25) is 4.79 Å². The Hall–Kier alpha value is -2.06. The molecular weight excluding hydrogens is 393 g/mol. The lowest BCUT2D eigenvalue weighted by Crippen LogP contribution is -2.45. The van der Waals surface area contributed by atoms with Crippen molar-refractivity contribution in [3.63, 3.8) is 0 Å². The Bertz CT molecular complexity index is 818. The Morgan fingerprint density at radius 3 is 2.50 bits per heavy atom. The third kappa shape index (κ3) is 4.50. The number of piperidine rings is 1. The molecule has 2 atom stereocenters. The van der Waals surface area contributed by atoms with Crippen LogP contribution in [0.4, 0.5) is 13.2 Å². The molecule has 3 rings (SSSR count). The van der Waals surface area contributed by atoms with Crippen LogP contribution in [-0.4, -0.2) is 39.7 Å². The van der Waals surface area contributed by atoms with E-state index in [0.717, 1.165) is 29.3 Å². The summed E-state index contributed by atoms with van der Waals surface area (Å²) in [5.41, 5.74) is 5.65. The molecule has 2 heterocycles. The SMILES string of the molecule is Cc1ccc(-n2ncc(C(=O)N3CCCC(C(C)N)C3)c2C(F)(F)F)cc1.Cl. The van der Waals surface area contributed by atoms with Crippen LogP contribution in [0.5, 0.6) is 0 Å². The van der Waals surface area contributed by atoms with Crippen LogP contribution in [0.25, 0.3) is 5.69 Å². The van der Waals surface area contributed by atoms with Gasteiger partial charge in [0.15, 0.2) is 5.69 Å². The van der Waals surface area contributed by atoms with E-state index >= 15 is 0 Å². The van der Waals surface area contributed by atoms with Crippen molar-refractivity contribution >= 4 is 18.3 Å². The fraction of sp³-hybridized carbons (Fsp3) is 0.474. The van der Waals surface area contributed by atoms with Gasteiger partial charge in [-0.2, -0.15) is 18.3 Å². The average molecular weight is 417 g/mol. The zero-order chi connectivity index (χ0) is 19.8. The van der Waals surface area contributed by atoms with E-state index in [0.29, 0.717) is 13.1 Å². The molecule has 28 heavy (non-hydrogen) atoms. The third-order valence-corrected chi connectivity index (χ3v) is 5.04. The maximum atomic E-state index is 13.8. The van der Waals surface area contributed by atoms with Crippen molar-refractivity contribution in [2.75, 3.05) is 13.1 Å². The Morgan fingerprint density at radius 1 is 1.29 bits per heavy atom. The molecule has 0 saturated carbocycles. The molecule has 1 aliphatic heterocycles. The summed E-state index contributed by atoms with van der Waals surface area (Å²) in [6, 6.07) is 6.41. The van der Waals surface area contributed by atoms with Crippen LogP contribution in [0.3, 0.4) is 0 Å². The molecule has 5 nitrogen and oxygen atoms in total. The number of carbonyl (C=O) groups is 1. The Labute approximate surface area is 168 Å². The van der Waals surface area contributed by atoms with Gasteiger partial charge in [0.1, 0.15) is 0 Å². The molecule has 0 bridgehead atoms. The molecule has 2 aromatic rings. The van der Waals surface area contributed by atoms with E-state index < -0.39 is 23.3 Å². The van der Waals surface area contributed by atoms with Crippen molar-refractivity contribution in [3.05, 3.63) is 47.3 Å². The van der Waals surface area contributed by atoms with Gasteiger partial charge in [-0.25, -0.2) is 4.68 Å². The van der Waals surface area contributed by atoms with E-state index in [9.17, 15) is 18.0 Å². The fourth-order valence-electron chi connectivity index (χ4n) is 3.45. The van der Waals surface area contributed by atoms with Crippen molar-refractivity contribution in [2.45, 2.75) is 38.9 Å². The number of alkyl halides is 3. The Kier molecular flexibility index (Phi) is 6.77. The highest BCUT2D eigenvalue weighted by Crippen LogP contribution is 2.34. The van der Waals surface area contributed by atoms with Crippen LogP contribution in [0.2, 0.25) is 0 Å². The molecule has 0 spiro atoms. The van der Waals surface area contributed by atoms with Gasteiger partial charge in [-0.1, -0.05) is 17.7 Å². The minimum absolute atomic E-state index is 0. The second-order valence-electron chi connectivity index (χ2n) is 7.16. The predicted molar refractivity (Wildman–Crippen MR) is 103 cm³/mol. The molecule has 1 fully saturated rings. The first-order chi connectivity index (χ1) is 12.7. The van der Waals surface area contributed by atoms with Crippen LogP contribution >= 0.6 is 12.4 Å². The van der Waals surface area contributed by atoms with E-state index in [2.05, 4.69) is 5.10 Å². The third-order valence-electron chi connectivity index (χ3n) is 5.04. The van der Waals surface area contributed by atoms with Crippen LogP contribution in [0.1, 0.15) is 41.4 Å². The standard InChI is InChI=1S/C19H23F3N4O.ClH/c1-12-5-7-15(8-6-12)26-17(19(20,21)22)16(10-24-26)18(27)25-9-3-4-14(11-25)13(2)23;/h5-8,10,13-14H,3-4,9,11,23H2,1-2H3;1H. The second kappa shape index (κ2) is 8.53. The summed E-state index contributed by atoms with van der Waals surface area (Å²) >= 11 is 0. The number of aromatic nitrogens is 2. The van der Waals surface area contributed by atoms with E-state index in [1.165, 1.54) is 4.90 Å². The van der Waals surface area contributed by atoms with Crippen molar-refractivity contribution in [2.24, 2.45) is 11.7 Å². The number of hydrogen-bond donors (Lipinski definition) is 1. The van der Waals surface area contributed by atoms with Gasteiger partial charge < -0.3 is 10.6 Å². The topological polar surface area (TPSA) is 64.2 Å². The first kappa shape index (κ1) is 22.2. The highest BCUT2D eigenvalue weighted by molar-refractivity contribution is 5.95. The molecule has 1 aromatic heterocycles. The first-order valence-electron chi connectivity index (χ1n) is 8.95. The molecule has 0 aliphatic carbocycles. The van der Waals surface area contributed by atoms with Gasteiger partial charge in [-0.05, 0) is 44.7 Å². The summed E-state index contributed by atoms with van der Waals surface area (Å²) in [5, 5.41) is 3.88. The van der Waals surface area contributed by atoms with Gasteiger partial charge in [0, 0.05) is 19.1 Å². The van der Waals surface area contributed by atoms with Crippen molar-refractivity contribution in [3.8, 4) is 5.69 Å². The zero-order valence-electron chi connectivity index (χ0n) is 15.7.